The van der Waals surface area contributed by atoms with Crippen molar-refractivity contribution in [1.82, 2.24) is 0 Å². The molecule has 3 rings (SSSR count). The first-order valence-corrected chi connectivity index (χ1v) is 9.90. The average Bonchev–Trinajstić information content (AvgIpc) is 2.65. The molecular formula is C24H30O4. The molecule has 0 amide bonds. The Morgan fingerprint density at radius 2 is 2.04 bits per heavy atom. The van der Waals surface area contributed by atoms with Crippen LogP contribution in [0.4, 0.5) is 0 Å². The van der Waals surface area contributed by atoms with Crippen molar-refractivity contribution in [2.24, 2.45) is 5.41 Å². The molecule has 0 fully saturated rings. The lowest BCUT2D eigenvalue weighted by Gasteiger charge is -2.27. The van der Waals surface area contributed by atoms with E-state index >= 15 is 0 Å². The van der Waals surface area contributed by atoms with Crippen LogP contribution in [0.3, 0.4) is 0 Å². The van der Waals surface area contributed by atoms with E-state index in [0.717, 1.165) is 47.5 Å². The molecule has 2 aromatic rings. The Balaban J connectivity index is 2.16. The molecule has 2 aromatic carbocycles. The summed E-state index contributed by atoms with van der Waals surface area (Å²) in [5.74, 6) is -0.420. The van der Waals surface area contributed by atoms with Crippen molar-refractivity contribution >= 4 is 5.97 Å². The minimum atomic E-state index is -0.785. The topological polar surface area (TPSA) is 55.8 Å². The minimum absolute atomic E-state index is 0.0960. The summed E-state index contributed by atoms with van der Waals surface area (Å²) in [7, 11) is 1.67. The van der Waals surface area contributed by atoms with Gasteiger partial charge >= 0.3 is 5.97 Å². The Labute approximate surface area is 167 Å². The summed E-state index contributed by atoms with van der Waals surface area (Å²) in [6.07, 6.45) is 2.56. The maximum atomic E-state index is 12.2. The van der Waals surface area contributed by atoms with Gasteiger partial charge in [-0.1, -0.05) is 45.0 Å². The van der Waals surface area contributed by atoms with E-state index < -0.39 is 11.9 Å². The smallest absolute Gasteiger partial charge is 0.311 e. The van der Waals surface area contributed by atoms with Crippen molar-refractivity contribution < 1.29 is 19.4 Å². The number of hydrogen-bond acceptors (Lipinski definition) is 3. The highest BCUT2D eigenvalue weighted by atomic mass is 16.5. The van der Waals surface area contributed by atoms with Crippen LogP contribution in [0.5, 0.6) is 5.75 Å². The Bertz CT molecular complexity index is 848. The largest absolute Gasteiger partial charge is 0.493 e. The third kappa shape index (κ3) is 4.56. The Hall–Kier alpha value is -2.33. The summed E-state index contributed by atoms with van der Waals surface area (Å²) < 4.78 is 11.2. The van der Waals surface area contributed by atoms with Crippen molar-refractivity contribution in [3.63, 3.8) is 0 Å². The van der Waals surface area contributed by atoms with Gasteiger partial charge in [0.05, 0.1) is 19.1 Å². The average molecular weight is 383 g/mol. The lowest BCUT2D eigenvalue weighted by Crippen LogP contribution is -2.20. The van der Waals surface area contributed by atoms with Crippen LogP contribution in [0.2, 0.25) is 0 Å². The molecule has 150 valence electrons. The Morgan fingerprint density at radius 1 is 1.25 bits per heavy atom. The van der Waals surface area contributed by atoms with Gasteiger partial charge < -0.3 is 14.6 Å². The zero-order valence-corrected chi connectivity index (χ0v) is 17.2. The number of carbonyl (C=O) groups is 1. The molecule has 4 nitrogen and oxygen atoms in total. The van der Waals surface area contributed by atoms with Crippen molar-refractivity contribution in [3.05, 3.63) is 53.1 Å². The maximum Gasteiger partial charge on any atom is 0.311 e. The summed E-state index contributed by atoms with van der Waals surface area (Å²) >= 11 is 0. The molecule has 1 unspecified atom stereocenters. The summed E-state index contributed by atoms with van der Waals surface area (Å²) in [6, 6.07) is 12.1. The van der Waals surface area contributed by atoms with Crippen LogP contribution in [0.1, 0.15) is 56.2 Å². The highest BCUT2D eigenvalue weighted by molar-refractivity contribution is 5.83. The second-order valence-electron chi connectivity index (χ2n) is 8.74. The van der Waals surface area contributed by atoms with Gasteiger partial charge in [-0.15, -0.1) is 0 Å². The van der Waals surface area contributed by atoms with Gasteiger partial charge in [0, 0.05) is 7.11 Å². The molecule has 1 aliphatic rings. The summed E-state index contributed by atoms with van der Waals surface area (Å²) in [6.45, 7) is 7.44. The SMILES string of the molecule is COCc1cccc(C(CC(C)(C)C)C(=O)O)c1-c1ccc2c(c1)CCCO2. The molecule has 1 aliphatic heterocycles. The molecule has 0 radical (unpaired) electrons. The number of fused-ring (bicyclic) bond motifs is 1. The summed E-state index contributed by atoms with van der Waals surface area (Å²) in [5, 5.41) is 10.0. The fourth-order valence-electron chi connectivity index (χ4n) is 4.00. The number of carboxylic acid groups (broad SMARTS) is 1. The number of rotatable bonds is 6. The Kier molecular flexibility index (Phi) is 6.09. The van der Waals surface area contributed by atoms with Crippen LogP contribution in [0.15, 0.2) is 36.4 Å². The normalized spacial score (nSPS) is 14.9. The third-order valence-electron chi connectivity index (χ3n) is 5.17. The number of aryl methyl sites for hydroxylation is 1. The molecule has 1 heterocycles. The van der Waals surface area contributed by atoms with Crippen molar-refractivity contribution in [2.45, 2.75) is 52.6 Å². The van der Waals surface area contributed by atoms with Gasteiger partial charge in [-0.05, 0) is 64.6 Å². The quantitative estimate of drug-likeness (QED) is 0.724. The third-order valence-corrected chi connectivity index (χ3v) is 5.17. The predicted molar refractivity (Wildman–Crippen MR) is 111 cm³/mol. The van der Waals surface area contributed by atoms with E-state index in [0.29, 0.717) is 13.0 Å². The molecule has 4 heteroatoms. The number of aliphatic carboxylic acids is 1. The zero-order valence-electron chi connectivity index (χ0n) is 17.2. The van der Waals surface area contributed by atoms with E-state index in [-0.39, 0.29) is 5.41 Å². The highest BCUT2D eigenvalue weighted by Gasteiger charge is 2.29. The molecule has 1 atom stereocenters. The van der Waals surface area contributed by atoms with Gasteiger partial charge in [0.2, 0.25) is 0 Å². The number of methoxy groups -OCH3 is 1. The molecule has 28 heavy (non-hydrogen) atoms. The monoisotopic (exact) mass is 382 g/mol. The van der Waals surface area contributed by atoms with Crippen molar-refractivity contribution in [3.8, 4) is 16.9 Å². The number of hydrogen-bond donors (Lipinski definition) is 1. The first-order chi connectivity index (χ1) is 13.3. The fourth-order valence-corrected chi connectivity index (χ4v) is 4.00. The molecule has 0 saturated carbocycles. The first-order valence-electron chi connectivity index (χ1n) is 9.90. The van der Waals surface area contributed by atoms with Crippen LogP contribution in [0, 0.1) is 5.41 Å². The van der Waals surface area contributed by atoms with Gasteiger partial charge in [-0.3, -0.25) is 4.79 Å². The van der Waals surface area contributed by atoms with E-state index in [9.17, 15) is 9.90 Å². The molecule has 0 aliphatic carbocycles. The molecular weight excluding hydrogens is 352 g/mol. The van der Waals surface area contributed by atoms with Gasteiger partial charge in [-0.2, -0.15) is 0 Å². The standard InChI is InChI=1S/C24H30O4/c1-24(2,3)14-20(23(25)26)19-9-5-7-18(15-27-4)22(19)17-10-11-21-16(13-17)8-6-12-28-21/h5,7,9-11,13,20H,6,8,12,14-15H2,1-4H3,(H,25,26). The van der Waals surface area contributed by atoms with Crippen LogP contribution in [-0.4, -0.2) is 24.8 Å². The van der Waals surface area contributed by atoms with E-state index in [4.69, 9.17) is 9.47 Å². The lowest BCUT2D eigenvalue weighted by molar-refractivity contribution is -0.139. The molecule has 0 saturated heterocycles. The van der Waals surface area contributed by atoms with E-state index in [1.54, 1.807) is 7.11 Å². The van der Waals surface area contributed by atoms with Crippen molar-refractivity contribution in [2.75, 3.05) is 13.7 Å². The molecule has 1 N–H and O–H groups in total. The predicted octanol–water partition coefficient (Wildman–Crippen LogP) is 5.43. The van der Waals surface area contributed by atoms with Gasteiger partial charge in [-0.25, -0.2) is 0 Å². The number of ether oxygens (including phenoxy) is 2. The second-order valence-corrected chi connectivity index (χ2v) is 8.74. The number of benzene rings is 2. The van der Waals surface area contributed by atoms with Gasteiger partial charge in [0.25, 0.3) is 0 Å². The van der Waals surface area contributed by atoms with Gasteiger partial charge in [0.15, 0.2) is 0 Å². The van der Waals surface area contributed by atoms with Crippen LogP contribution >= 0.6 is 0 Å². The Morgan fingerprint density at radius 3 is 2.71 bits per heavy atom. The first kappa shape index (κ1) is 20.4. The summed E-state index contributed by atoms with van der Waals surface area (Å²) in [5.41, 5.74) is 4.97. The second kappa shape index (κ2) is 8.36. The van der Waals surface area contributed by atoms with E-state index in [2.05, 4.69) is 26.8 Å². The molecule has 0 aromatic heterocycles. The van der Waals surface area contributed by atoms with E-state index in [1.807, 2.05) is 30.3 Å². The van der Waals surface area contributed by atoms with Crippen LogP contribution < -0.4 is 4.74 Å². The van der Waals surface area contributed by atoms with Crippen molar-refractivity contribution in [1.29, 1.82) is 0 Å². The summed E-state index contributed by atoms with van der Waals surface area (Å²) in [4.78, 5) is 12.2. The molecule has 0 spiro atoms. The minimum Gasteiger partial charge on any atom is -0.493 e. The van der Waals surface area contributed by atoms with Crippen LogP contribution in [-0.2, 0) is 22.6 Å². The van der Waals surface area contributed by atoms with E-state index in [1.165, 1.54) is 5.56 Å². The zero-order chi connectivity index (χ0) is 20.3. The fraction of sp³-hybridized carbons (Fsp3) is 0.458. The molecule has 0 bridgehead atoms. The number of carboxylic acids is 1. The van der Waals surface area contributed by atoms with Gasteiger partial charge in [0.1, 0.15) is 5.75 Å². The highest BCUT2D eigenvalue weighted by Crippen LogP contribution is 2.40. The lowest BCUT2D eigenvalue weighted by atomic mass is 9.78. The maximum absolute atomic E-state index is 12.2. The van der Waals surface area contributed by atoms with Crippen LogP contribution in [0.25, 0.3) is 11.1 Å².